The number of nitrogens with one attached hydrogen (secondary N) is 1. The second kappa shape index (κ2) is 4.96. The number of rotatable bonds is 3. The van der Waals surface area contributed by atoms with E-state index in [0.29, 0.717) is 17.3 Å². The van der Waals surface area contributed by atoms with E-state index in [9.17, 15) is 5.11 Å². The lowest BCUT2D eigenvalue weighted by molar-refractivity contribution is 0.158. The zero-order valence-electron chi connectivity index (χ0n) is 9.36. The number of aromatic nitrogens is 1. The topological polar surface area (TPSA) is 45.1 Å². The zero-order chi connectivity index (χ0) is 11.5. The Balaban J connectivity index is 2.58. The van der Waals surface area contributed by atoms with E-state index in [-0.39, 0.29) is 5.54 Å². The number of aliphatic hydroxyl groups excluding tert-OH is 1. The molecule has 84 valence electrons. The summed E-state index contributed by atoms with van der Waals surface area (Å²) in [4.78, 5) is 4.15. The second-order valence-corrected chi connectivity index (χ2v) is 5.03. The Morgan fingerprint density at radius 1 is 1.47 bits per heavy atom. The van der Waals surface area contributed by atoms with Crippen LogP contribution in [0, 0.1) is 0 Å². The zero-order valence-corrected chi connectivity index (χ0v) is 10.3. The average molecular weight is 226 g/mol. The second-order valence-electron chi connectivity index (χ2n) is 4.57. The van der Waals surface area contributed by atoms with Gasteiger partial charge in [0.15, 0.2) is 0 Å². The molecule has 0 amide bonds. The van der Waals surface area contributed by atoms with Crippen molar-refractivity contribution in [2.75, 3.05) is 6.54 Å². The van der Waals surface area contributed by atoms with Crippen LogP contribution in [0.1, 0.15) is 32.6 Å². The van der Waals surface area contributed by atoms with Crippen LogP contribution in [0.2, 0.25) is 0 Å². The smallest absolute Gasteiger partial charge is 0.108 e. The van der Waals surface area contributed by atoms with Crippen LogP contribution in [0.15, 0.2) is 23.2 Å². The Labute approximate surface area is 96.3 Å². The molecule has 1 rings (SSSR count). The highest BCUT2D eigenvalue weighted by molar-refractivity contribution is 7.80. The fourth-order valence-corrected chi connectivity index (χ4v) is 1.33. The minimum atomic E-state index is -0.587. The minimum Gasteiger partial charge on any atom is -0.385 e. The first-order valence-corrected chi connectivity index (χ1v) is 5.42. The number of pyridine rings is 1. The molecule has 2 N–H and O–H groups in total. The molecule has 15 heavy (non-hydrogen) atoms. The van der Waals surface area contributed by atoms with Crippen molar-refractivity contribution in [3.05, 3.63) is 23.9 Å². The molecule has 0 aliphatic carbocycles. The predicted octanol–water partition coefficient (Wildman–Crippen LogP) is 1.79. The van der Waals surface area contributed by atoms with E-state index in [1.807, 2.05) is 6.07 Å². The van der Waals surface area contributed by atoms with Gasteiger partial charge in [-0.1, -0.05) is 6.07 Å². The summed E-state index contributed by atoms with van der Waals surface area (Å²) in [5.74, 6) is 0. The standard InChI is InChI=1S/C11H18N2OS/c1-11(2,3)12-7-9(14)8-5-4-6-10(15)13-8/h4-6,9,12,14H,7H2,1-3H3,(H,13,15). The van der Waals surface area contributed by atoms with E-state index in [1.165, 1.54) is 0 Å². The minimum absolute atomic E-state index is 0.000441. The highest BCUT2D eigenvalue weighted by Gasteiger charge is 2.14. The first-order chi connectivity index (χ1) is 6.88. The van der Waals surface area contributed by atoms with E-state index in [1.54, 1.807) is 12.1 Å². The summed E-state index contributed by atoms with van der Waals surface area (Å²) in [7, 11) is 0. The van der Waals surface area contributed by atoms with Crippen molar-refractivity contribution in [2.24, 2.45) is 0 Å². The Morgan fingerprint density at radius 3 is 2.67 bits per heavy atom. The fourth-order valence-electron chi connectivity index (χ4n) is 1.13. The Kier molecular flexibility index (Phi) is 4.13. The molecule has 1 atom stereocenters. The van der Waals surface area contributed by atoms with Crippen LogP contribution >= 0.6 is 12.6 Å². The van der Waals surface area contributed by atoms with Gasteiger partial charge in [-0.25, -0.2) is 4.98 Å². The van der Waals surface area contributed by atoms with Gasteiger partial charge in [-0.05, 0) is 32.9 Å². The Hall–Kier alpha value is -0.580. The van der Waals surface area contributed by atoms with Crippen LogP contribution in [0.4, 0.5) is 0 Å². The largest absolute Gasteiger partial charge is 0.385 e. The summed E-state index contributed by atoms with van der Waals surface area (Å²) in [6.45, 7) is 6.67. The van der Waals surface area contributed by atoms with Gasteiger partial charge in [0.25, 0.3) is 0 Å². The summed E-state index contributed by atoms with van der Waals surface area (Å²) >= 11 is 4.13. The maximum Gasteiger partial charge on any atom is 0.108 e. The molecule has 0 spiro atoms. The maximum atomic E-state index is 9.85. The molecule has 1 aromatic rings. The third-order valence-electron chi connectivity index (χ3n) is 1.92. The molecule has 1 heterocycles. The number of hydrogen-bond acceptors (Lipinski definition) is 4. The number of β-amino-alcohol motifs (C(OH)–C–C–N with tert-alkyl or cyclic N) is 1. The van der Waals surface area contributed by atoms with Crippen molar-refractivity contribution in [3.63, 3.8) is 0 Å². The average Bonchev–Trinajstić information content (AvgIpc) is 2.13. The van der Waals surface area contributed by atoms with Crippen LogP contribution in [-0.4, -0.2) is 22.2 Å². The van der Waals surface area contributed by atoms with Gasteiger partial charge in [0.2, 0.25) is 0 Å². The number of hydrogen-bond donors (Lipinski definition) is 3. The third kappa shape index (κ3) is 4.64. The molecule has 4 heteroatoms. The monoisotopic (exact) mass is 226 g/mol. The maximum absolute atomic E-state index is 9.85. The van der Waals surface area contributed by atoms with Crippen molar-refractivity contribution in [3.8, 4) is 0 Å². The van der Waals surface area contributed by atoms with Gasteiger partial charge in [0.05, 0.1) is 10.7 Å². The van der Waals surface area contributed by atoms with Gasteiger partial charge in [0.1, 0.15) is 6.10 Å². The highest BCUT2D eigenvalue weighted by Crippen LogP contribution is 2.12. The van der Waals surface area contributed by atoms with E-state index < -0.39 is 6.10 Å². The first-order valence-electron chi connectivity index (χ1n) is 4.97. The molecule has 1 aromatic heterocycles. The molecular weight excluding hydrogens is 208 g/mol. The van der Waals surface area contributed by atoms with Crippen molar-refractivity contribution in [1.29, 1.82) is 0 Å². The molecule has 0 radical (unpaired) electrons. The Morgan fingerprint density at radius 2 is 2.13 bits per heavy atom. The van der Waals surface area contributed by atoms with Crippen LogP contribution in [-0.2, 0) is 0 Å². The fraction of sp³-hybridized carbons (Fsp3) is 0.545. The molecule has 0 bridgehead atoms. The lowest BCUT2D eigenvalue weighted by atomic mass is 10.1. The summed E-state index contributed by atoms with van der Waals surface area (Å²) in [5, 5.41) is 13.7. The SMILES string of the molecule is CC(C)(C)NCC(O)c1cccc(S)n1. The number of aliphatic hydroxyl groups is 1. The van der Waals surface area contributed by atoms with Crippen LogP contribution in [0.25, 0.3) is 0 Å². The van der Waals surface area contributed by atoms with Crippen molar-refractivity contribution >= 4 is 12.6 Å². The van der Waals surface area contributed by atoms with Crippen LogP contribution in [0.3, 0.4) is 0 Å². The highest BCUT2D eigenvalue weighted by atomic mass is 32.1. The summed E-state index contributed by atoms with van der Waals surface area (Å²) in [5.41, 5.74) is 0.652. The molecule has 0 aliphatic heterocycles. The molecular formula is C11H18N2OS. The van der Waals surface area contributed by atoms with Gasteiger partial charge in [-0.2, -0.15) is 0 Å². The van der Waals surface area contributed by atoms with E-state index in [0.717, 1.165) is 0 Å². The molecule has 0 aliphatic rings. The van der Waals surface area contributed by atoms with Crippen LogP contribution < -0.4 is 5.32 Å². The summed E-state index contributed by atoms with van der Waals surface area (Å²) < 4.78 is 0. The van der Waals surface area contributed by atoms with Crippen molar-refractivity contribution in [1.82, 2.24) is 10.3 Å². The summed E-state index contributed by atoms with van der Waals surface area (Å²) in [6.07, 6.45) is -0.587. The summed E-state index contributed by atoms with van der Waals surface area (Å²) in [6, 6.07) is 5.43. The number of thiol groups is 1. The van der Waals surface area contributed by atoms with E-state index in [2.05, 4.69) is 43.7 Å². The van der Waals surface area contributed by atoms with Gasteiger partial charge >= 0.3 is 0 Å². The van der Waals surface area contributed by atoms with Gasteiger partial charge in [0, 0.05) is 12.1 Å². The quantitative estimate of drug-likeness (QED) is 0.689. The lowest BCUT2D eigenvalue weighted by Crippen LogP contribution is -2.38. The molecule has 1 unspecified atom stereocenters. The molecule has 0 fully saturated rings. The molecule has 3 nitrogen and oxygen atoms in total. The Bertz CT molecular complexity index is 323. The molecule has 0 saturated heterocycles. The lowest BCUT2D eigenvalue weighted by Gasteiger charge is -2.22. The van der Waals surface area contributed by atoms with E-state index >= 15 is 0 Å². The normalized spacial score (nSPS) is 13.9. The van der Waals surface area contributed by atoms with Crippen molar-refractivity contribution in [2.45, 2.75) is 37.4 Å². The van der Waals surface area contributed by atoms with Gasteiger partial charge in [-0.15, -0.1) is 12.6 Å². The predicted molar refractivity (Wildman–Crippen MR) is 64.2 cm³/mol. The van der Waals surface area contributed by atoms with Gasteiger partial charge < -0.3 is 10.4 Å². The first kappa shape index (κ1) is 12.5. The third-order valence-corrected chi connectivity index (χ3v) is 2.17. The van der Waals surface area contributed by atoms with Gasteiger partial charge in [-0.3, -0.25) is 0 Å². The molecule has 0 saturated carbocycles. The van der Waals surface area contributed by atoms with Crippen molar-refractivity contribution < 1.29 is 5.11 Å². The molecule has 0 aromatic carbocycles. The van der Waals surface area contributed by atoms with E-state index in [4.69, 9.17) is 0 Å². The number of nitrogens with zero attached hydrogens (tertiary/aromatic N) is 1. The van der Waals surface area contributed by atoms with Crippen LogP contribution in [0.5, 0.6) is 0 Å².